The molecule has 3 saturated carbocycles. The van der Waals surface area contributed by atoms with Crippen LogP contribution >= 0.6 is 0 Å². The molecule has 0 amide bonds. The Hall–Kier alpha value is -2.29. The van der Waals surface area contributed by atoms with Gasteiger partial charge in [0, 0.05) is 30.4 Å². The van der Waals surface area contributed by atoms with E-state index >= 15 is 0 Å². The molecule has 4 aliphatic rings. The monoisotopic (exact) mass is 425 g/mol. The van der Waals surface area contributed by atoms with Crippen LogP contribution in [-0.2, 0) is 18.4 Å². The standard InChI is InChI=1S/C22H27N5O2S/c1-21(2,3)30(29)24-19(18-13-27(25-23-18)22-10-14(11-22)12-22)16-6-5-7-17-15(16)8-9-26(4)20(17)28/h5-9,13-14,23,25H,10-12H2,1-4H3/b24-19+/t14?,22?,30-/m1/s1. The molecule has 0 spiro atoms. The summed E-state index contributed by atoms with van der Waals surface area (Å²) in [6.07, 6.45) is 7.41. The zero-order chi connectivity index (χ0) is 21.3. The molecule has 1 atom stereocenters. The van der Waals surface area contributed by atoms with Gasteiger partial charge in [-0.05, 0) is 63.5 Å². The number of fused-ring (bicyclic) bond motifs is 1. The second-order valence-corrected chi connectivity index (χ2v) is 11.6. The predicted molar refractivity (Wildman–Crippen MR) is 120 cm³/mol. The highest BCUT2D eigenvalue weighted by molar-refractivity contribution is 7.91. The SMILES string of the molecule is Cn1ccc2c(/C(=N\[S@+]([O-])C(C)(C)C)C3=CN(C45CC(C4)C5)NN3)cccc2c1=O. The van der Waals surface area contributed by atoms with Gasteiger partial charge in [0.1, 0.15) is 21.8 Å². The van der Waals surface area contributed by atoms with Gasteiger partial charge in [0.2, 0.25) is 0 Å². The van der Waals surface area contributed by atoms with Gasteiger partial charge in [-0.2, -0.15) is 0 Å². The maximum absolute atomic E-state index is 13.0. The molecule has 30 heavy (non-hydrogen) atoms. The van der Waals surface area contributed by atoms with Crippen molar-refractivity contribution in [1.29, 1.82) is 0 Å². The third kappa shape index (κ3) is 2.97. The van der Waals surface area contributed by atoms with Crippen LogP contribution in [0.1, 0.15) is 45.6 Å². The second-order valence-electron chi connectivity index (χ2n) is 9.65. The molecule has 158 valence electrons. The Morgan fingerprint density at radius 2 is 1.97 bits per heavy atom. The summed E-state index contributed by atoms with van der Waals surface area (Å²) in [4.78, 5) is 12.7. The Balaban J connectivity index is 1.64. The van der Waals surface area contributed by atoms with E-state index in [2.05, 4.69) is 20.4 Å². The summed E-state index contributed by atoms with van der Waals surface area (Å²) >= 11 is -1.45. The highest BCUT2D eigenvalue weighted by Gasteiger charge is 2.60. The first kappa shape index (κ1) is 19.7. The number of aromatic nitrogens is 1. The second kappa shape index (κ2) is 6.60. The maximum Gasteiger partial charge on any atom is 0.258 e. The molecule has 1 aliphatic heterocycles. The molecule has 0 radical (unpaired) electrons. The van der Waals surface area contributed by atoms with Gasteiger partial charge in [-0.3, -0.25) is 9.80 Å². The molecule has 0 unspecified atom stereocenters. The van der Waals surface area contributed by atoms with Crippen LogP contribution in [0.2, 0.25) is 0 Å². The number of allylic oxidation sites excluding steroid dienone is 1. The van der Waals surface area contributed by atoms with E-state index in [4.69, 9.17) is 0 Å². The average molecular weight is 426 g/mol. The fourth-order valence-electron chi connectivity index (χ4n) is 4.46. The summed E-state index contributed by atoms with van der Waals surface area (Å²) in [7, 11) is 1.74. The van der Waals surface area contributed by atoms with Crippen LogP contribution in [0.25, 0.3) is 10.8 Å². The minimum absolute atomic E-state index is 0.0624. The van der Waals surface area contributed by atoms with Crippen LogP contribution in [0.5, 0.6) is 0 Å². The van der Waals surface area contributed by atoms with Crippen LogP contribution in [-0.4, -0.2) is 30.1 Å². The molecule has 1 aromatic heterocycles. The first-order valence-corrected chi connectivity index (χ1v) is 11.4. The van der Waals surface area contributed by atoms with E-state index in [-0.39, 0.29) is 11.1 Å². The highest BCUT2D eigenvalue weighted by Crippen LogP contribution is 2.60. The van der Waals surface area contributed by atoms with Gasteiger partial charge in [-0.25, -0.2) is 0 Å². The van der Waals surface area contributed by atoms with Gasteiger partial charge in [0.05, 0.1) is 11.2 Å². The van der Waals surface area contributed by atoms with Crippen LogP contribution in [0.15, 0.2) is 51.6 Å². The number of aryl methyl sites for hydroxylation is 1. The van der Waals surface area contributed by atoms with Gasteiger partial charge in [0.25, 0.3) is 5.56 Å². The Kier molecular flexibility index (Phi) is 4.33. The van der Waals surface area contributed by atoms with E-state index in [1.54, 1.807) is 17.8 Å². The number of nitrogens with one attached hydrogen (secondary N) is 2. The summed E-state index contributed by atoms with van der Waals surface area (Å²) in [5.74, 6) is 0.861. The lowest BCUT2D eigenvalue weighted by Gasteiger charge is -2.64. The number of hydrogen-bond acceptors (Lipinski definition) is 6. The molecular weight excluding hydrogens is 398 g/mol. The van der Waals surface area contributed by atoms with Crippen molar-refractivity contribution < 1.29 is 4.55 Å². The molecule has 7 nitrogen and oxygen atoms in total. The summed E-state index contributed by atoms with van der Waals surface area (Å²) in [6, 6.07) is 7.54. The Morgan fingerprint density at radius 1 is 1.23 bits per heavy atom. The van der Waals surface area contributed by atoms with E-state index in [1.165, 1.54) is 19.3 Å². The molecule has 6 rings (SSSR count). The van der Waals surface area contributed by atoms with Gasteiger partial charge in [-0.15, -0.1) is 5.53 Å². The quantitative estimate of drug-likeness (QED) is 0.581. The smallest absolute Gasteiger partial charge is 0.258 e. The van der Waals surface area contributed by atoms with Gasteiger partial charge in [0.15, 0.2) is 0 Å². The number of pyridine rings is 1. The number of rotatable bonds is 4. The fraction of sp³-hybridized carbons (Fsp3) is 0.455. The van der Waals surface area contributed by atoms with Crippen molar-refractivity contribution in [2.24, 2.45) is 17.4 Å². The minimum atomic E-state index is -1.45. The highest BCUT2D eigenvalue weighted by atomic mass is 32.2. The summed E-state index contributed by atoms with van der Waals surface area (Å²) < 4.78 is 18.7. The lowest BCUT2D eigenvalue weighted by atomic mass is 9.49. The first-order chi connectivity index (χ1) is 14.2. The zero-order valence-electron chi connectivity index (χ0n) is 17.7. The Morgan fingerprint density at radius 3 is 2.60 bits per heavy atom. The van der Waals surface area contributed by atoms with Gasteiger partial charge < -0.3 is 14.5 Å². The summed E-state index contributed by atoms with van der Waals surface area (Å²) in [6.45, 7) is 5.73. The van der Waals surface area contributed by atoms with Crippen LogP contribution in [0.3, 0.4) is 0 Å². The van der Waals surface area contributed by atoms with E-state index in [9.17, 15) is 9.35 Å². The van der Waals surface area contributed by atoms with E-state index in [0.29, 0.717) is 11.1 Å². The molecule has 2 N–H and O–H groups in total. The zero-order valence-corrected chi connectivity index (χ0v) is 18.5. The van der Waals surface area contributed by atoms with Crippen molar-refractivity contribution in [2.75, 3.05) is 0 Å². The molecule has 2 heterocycles. The Labute approximate surface area is 179 Å². The lowest BCUT2D eigenvalue weighted by Crippen LogP contribution is -2.69. The number of hydrogen-bond donors (Lipinski definition) is 2. The largest absolute Gasteiger partial charge is 0.591 e. The van der Waals surface area contributed by atoms with Crippen molar-refractivity contribution in [1.82, 2.24) is 20.5 Å². The van der Waals surface area contributed by atoms with E-state index in [1.807, 2.05) is 51.2 Å². The molecule has 2 aromatic rings. The number of hydrazine groups is 2. The molecule has 0 saturated heterocycles. The van der Waals surface area contributed by atoms with Crippen LogP contribution in [0.4, 0.5) is 0 Å². The maximum atomic E-state index is 13.0. The normalized spacial score (nSPS) is 26.7. The average Bonchev–Trinajstić information content (AvgIpc) is 3.08. The summed E-state index contributed by atoms with van der Waals surface area (Å²) in [5.41, 5.74) is 8.80. The third-order valence-corrected chi connectivity index (χ3v) is 7.81. The first-order valence-electron chi connectivity index (χ1n) is 10.3. The third-order valence-electron chi connectivity index (χ3n) is 6.42. The topological polar surface area (TPSA) is 84.7 Å². The molecule has 8 heteroatoms. The Bertz CT molecular complexity index is 1130. The van der Waals surface area contributed by atoms with Crippen molar-refractivity contribution in [2.45, 2.75) is 50.3 Å². The number of nitrogens with zero attached hydrogens (tertiary/aromatic N) is 3. The van der Waals surface area contributed by atoms with Crippen molar-refractivity contribution in [3.63, 3.8) is 0 Å². The number of benzene rings is 1. The molecule has 3 aliphatic carbocycles. The van der Waals surface area contributed by atoms with Crippen LogP contribution < -0.4 is 16.5 Å². The van der Waals surface area contributed by atoms with Crippen molar-refractivity contribution >= 4 is 27.8 Å². The van der Waals surface area contributed by atoms with E-state index < -0.39 is 16.1 Å². The van der Waals surface area contributed by atoms with Gasteiger partial charge >= 0.3 is 0 Å². The van der Waals surface area contributed by atoms with Crippen LogP contribution in [0, 0.1) is 5.92 Å². The fourth-order valence-corrected chi connectivity index (χ4v) is 5.10. The van der Waals surface area contributed by atoms with Crippen molar-refractivity contribution in [3.8, 4) is 0 Å². The van der Waals surface area contributed by atoms with Crippen molar-refractivity contribution in [3.05, 3.63) is 58.3 Å². The predicted octanol–water partition coefficient (Wildman–Crippen LogP) is 2.51. The lowest BCUT2D eigenvalue weighted by molar-refractivity contribution is -0.141. The molecule has 3 fully saturated rings. The molecule has 1 aromatic carbocycles. The minimum Gasteiger partial charge on any atom is -0.591 e. The molecule has 2 bridgehead atoms. The summed E-state index contributed by atoms with van der Waals surface area (Å²) in [5, 5.41) is 3.56. The van der Waals surface area contributed by atoms with E-state index in [0.717, 1.165) is 22.6 Å². The van der Waals surface area contributed by atoms with Gasteiger partial charge in [-0.1, -0.05) is 16.5 Å². The molecular formula is C22H27N5O2S.